The molecule has 0 aliphatic carbocycles. The van der Waals surface area contributed by atoms with Gasteiger partial charge in [0, 0.05) is 41.7 Å². The molecule has 0 radical (unpaired) electrons. The van der Waals surface area contributed by atoms with E-state index < -0.39 is 0 Å². The van der Waals surface area contributed by atoms with Gasteiger partial charge in [0.2, 0.25) is 0 Å². The number of aromatic nitrogens is 2. The molecule has 0 spiro atoms. The molecule has 0 saturated heterocycles. The van der Waals surface area contributed by atoms with Crippen molar-refractivity contribution in [2.45, 2.75) is 26.8 Å². The van der Waals surface area contributed by atoms with E-state index in [-0.39, 0.29) is 6.04 Å². The molecule has 8 heteroatoms. The minimum Gasteiger partial charge on any atom is -0.383 e. The highest BCUT2D eigenvalue weighted by molar-refractivity contribution is 7.80. The van der Waals surface area contributed by atoms with Crippen molar-refractivity contribution in [3.63, 3.8) is 0 Å². The van der Waals surface area contributed by atoms with Crippen LogP contribution in [0, 0.1) is 13.8 Å². The second kappa shape index (κ2) is 8.19. The number of nitrogens with one attached hydrogen (secondary N) is 2. The summed E-state index contributed by atoms with van der Waals surface area (Å²) in [4.78, 5) is 4.36. The Morgan fingerprint density at radius 2 is 2.35 bits per heavy atom. The van der Waals surface area contributed by atoms with Gasteiger partial charge in [-0.1, -0.05) is 0 Å². The second-order valence-electron chi connectivity index (χ2n) is 5.18. The third-order valence-electron chi connectivity index (χ3n) is 3.24. The average molecular weight is 352 g/mol. The van der Waals surface area contributed by atoms with Crippen LogP contribution in [0.3, 0.4) is 0 Å². The summed E-state index contributed by atoms with van der Waals surface area (Å²) in [7, 11) is 1.66. The van der Waals surface area contributed by atoms with Crippen LogP contribution in [0.5, 0.6) is 0 Å². The van der Waals surface area contributed by atoms with Crippen LogP contribution in [0.1, 0.15) is 23.9 Å². The molecule has 1 atom stereocenters. The van der Waals surface area contributed by atoms with Crippen LogP contribution in [0.4, 0.5) is 0 Å². The van der Waals surface area contributed by atoms with E-state index in [1.165, 1.54) is 0 Å². The molecule has 23 heavy (non-hydrogen) atoms. The molecule has 0 unspecified atom stereocenters. The topological polar surface area (TPSA) is 63.5 Å². The summed E-state index contributed by atoms with van der Waals surface area (Å²) in [6.07, 6.45) is 3.57. The van der Waals surface area contributed by atoms with E-state index >= 15 is 0 Å². The fourth-order valence-corrected chi connectivity index (χ4v) is 3.25. The maximum Gasteiger partial charge on any atom is 0.193 e. The van der Waals surface area contributed by atoms with Gasteiger partial charge in [-0.15, -0.1) is 11.3 Å². The zero-order valence-electron chi connectivity index (χ0n) is 13.7. The lowest BCUT2D eigenvalue weighted by Gasteiger charge is -2.13. The zero-order chi connectivity index (χ0) is 16.8. The van der Waals surface area contributed by atoms with Crippen molar-refractivity contribution < 1.29 is 4.74 Å². The fraction of sp³-hybridized carbons (Fsp3) is 0.400. The molecule has 124 valence electrons. The Balaban J connectivity index is 2.01. The van der Waals surface area contributed by atoms with E-state index in [0.717, 1.165) is 22.1 Å². The van der Waals surface area contributed by atoms with E-state index in [2.05, 4.69) is 38.4 Å². The molecule has 2 heterocycles. The van der Waals surface area contributed by atoms with Crippen molar-refractivity contribution in [3.05, 3.63) is 34.6 Å². The van der Waals surface area contributed by atoms with E-state index in [4.69, 9.17) is 17.0 Å². The zero-order valence-corrected chi connectivity index (χ0v) is 15.3. The van der Waals surface area contributed by atoms with Crippen molar-refractivity contribution in [1.29, 1.82) is 0 Å². The molecule has 0 bridgehead atoms. The van der Waals surface area contributed by atoms with Gasteiger partial charge in [0.05, 0.1) is 12.8 Å². The average Bonchev–Trinajstić information content (AvgIpc) is 3.08. The summed E-state index contributed by atoms with van der Waals surface area (Å²) in [5.74, 6) is 0. The molecule has 0 aromatic carbocycles. The number of ether oxygens (including phenoxy) is 1. The van der Waals surface area contributed by atoms with E-state index in [1.54, 1.807) is 30.9 Å². The number of methoxy groups -OCH3 is 1. The summed E-state index contributed by atoms with van der Waals surface area (Å²) >= 11 is 6.79. The van der Waals surface area contributed by atoms with Crippen molar-refractivity contribution >= 4 is 34.9 Å². The third kappa shape index (κ3) is 4.60. The molecule has 0 aliphatic heterocycles. The van der Waals surface area contributed by atoms with Crippen molar-refractivity contribution in [1.82, 2.24) is 20.3 Å². The van der Waals surface area contributed by atoms with Gasteiger partial charge in [0.25, 0.3) is 0 Å². The number of aryl methyl sites for hydroxylation is 1. The number of nitrogens with zero attached hydrogens (tertiary/aromatic N) is 3. The molecule has 0 fully saturated rings. The molecule has 0 aliphatic rings. The van der Waals surface area contributed by atoms with Gasteiger partial charge in [-0.3, -0.25) is 9.99 Å². The maximum absolute atomic E-state index is 5.18. The summed E-state index contributed by atoms with van der Waals surface area (Å²) in [5, 5.41) is 10.7. The van der Waals surface area contributed by atoms with E-state index in [1.807, 2.05) is 19.2 Å². The molecule has 2 rings (SSSR count). The van der Waals surface area contributed by atoms with Crippen LogP contribution in [-0.2, 0) is 4.74 Å². The van der Waals surface area contributed by atoms with Crippen LogP contribution in [-0.4, -0.2) is 40.6 Å². The van der Waals surface area contributed by atoms with Crippen LogP contribution in [0.2, 0.25) is 0 Å². The van der Waals surface area contributed by atoms with Crippen molar-refractivity contribution in [2.75, 3.05) is 13.7 Å². The summed E-state index contributed by atoms with van der Waals surface area (Å²) < 4.78 is 7.16. The first kappa shape index (κ1) is 17.6. The Morgan fingerprint density at radius 3 is 3.00 bits per heavy atom. The predicted molar refractivity (Wildman–Crippen MR) is 98.7 cm³/mol. The monoisotopic (exact) mass is 351 g/mol. The molecule has 0 saturated carbocycles. The van der Waals surface area contributed by atoms with Gasteiger partial charge in [-0.25, -0.2) is 4.98 Å². The Hall–Kier alpha value is -1.77. The van der Waals surface area contributed by atoms with Gasteiger partial charge in [0.15, 0.2) is 10.2 Å². The number of hydrogen-bond acceptors (Lipinski definition) is 5. The number of rotatable bonds is 6. The second-order valence-corrected chi connectivity index (χ2v) is 6.46. The largest absolute Gasteiger partial charge is 0.383 e. The first-order chi connectivity index (χ1) is 11.0. The molecular formula is C15H21N5OS2. The first-order valence-corrected chi connectivity index (χ1v) is 8.49. The van der Waals surface area contributed by atoms with Crippen molar-refractivity contribution in [2.24, 2.45) is 5.10 Å². The number of hydrazone groups is 1. The minimum atomic E-state index is 0.130. The maximum atomic E-state index is 5.18. The highest BCUT2D eigenvalue weighted by atomic mass is 32.1. The van der Waals surface area contributed by atoms with E-state index in [0.29, 0.717) is 11.7 Å². The van der Waals surface area contributed by atoms with Gasteiger partial charge >= 0.3 is 0 Å². The van der Waals surface area contributed by atoms with Gasteiger partial charge < -0.3 is 10.1 Å². The highest BCUT2D eigenvalue weighted by Gasteiger charge is 2.11. The minimum absolute atomic E-state index is 0.130. The predicted octanol–water partition coefficient (Wildman–Crippen LogP) is 2.38. The summed E-state index contributed by atoms with van der Waals surface area (Å²) in [5.41, 5.74) is 6.06. The Bertz CT molecular complexity index is 678. The van der Waals surface area contributed by atoms with Crippen molar-refractivity contribution in [3.8, 4) is 5.13 Å². The standard InChI is InChI=1S/C15H21N5OS2/c1-10(9-21-4)18-14(22)19-17-8-13-7-11(2)20(12(13)3)15-16-5-6-23-15/h5-8,10H,9H2,1-4H3,(H2,18,19,22)/b17-8-/t10-/m0/s1. The Labute approximate surface area is 145 Å². The summed E-state index contributed by atoms with van der Waals surface area (Å²) in [6, 6.07) is 2.21. The summed E-state index contributed by atoms with van der Waals surface area (Å²) in [6.45, 7) is 6.67. The lowest BCUT2D eigenvalue weighted by molar-refractivity contribution is 0.179. The van der Waals surface area contributed by atoms with E-state index in [9.17, 15) is 0 Å². The Kier molecular flexibility index (Phi) is 6.26. The Morgan fingerprint density at radius 1 is 1.57 bits per heavy atom. The SMILES string of the molecule is COC[C@H](C)NC(=S)N/N=C\c1cc(C)n(-c2nccs2)c1C. The van der Waals surface area contributed by atoms with Crippen LogP contribution in [0.15, 0.2) is 22.7 Å². The van der Waals surface area contributed by atoms with Gasteiger partial charge in [-0.05, 0) is 39.1 Å². The fourth-order valence-electron chi connectivity index (χ4n) is 2.25. The third-order valence-corrected chi connectivity index (χ3v) is 4.21. The number of thiazole rings is 1. The quantitative estimate of drug-likeness (QED) is 0.475. The molecular weight excluding hydrogens is 330 g/mol. The smallest absolute Gasteiger partial charge is 0.193 e. The van der Waals surface area contributed by atoms with Crippen LogP contribution in [0.25, 0.3) is 5.13 Å². The highest BCUT2D eigenvalue weighted by Crippen LogP contribution is 2.21. The first-order valence-electron chi connectivity index (χ1n) is 7.20. The normalized spacial score (nSPS) is 12.5. The van der Waals surface area contributed by atoms with Gasteiger partial charge in [0.1, 0.15) is 0 Å². The van der Waals surface area contributed by atoms with Crippen LogP contribution < -0.4 is 10.7 Å². The molecule has 2 aromatic rings. The lowest BCUT2D eigenvalue weighted by Crippen LogP contribution is -2.40. The lowest BCUT2D eigenvalue weighted by atomic mass is 10.3. The molecule has 0 amide bonds. The van der Waals surface area contributed by atoms with Gasteiger partial charge in [-0.2, -0.15) is 5.10 Å². The molecule has 2 aromatic heterocycles. The number of thiocarbonyl (C=S) groups is 1. The molecule has 2 N–H and O–H groups in total. The number of hydrogen-bond donors (Lipinski definition) is 2. The molecule has 6 nitrogen and oxygen atoms in total. The van der Waals surface area contributed by atoms with Crippen LogP contribution >= 0.6 is 23.6 Å².